The first kappa shape index (κ1) is 19.1. The molecule has 0 spiro atoms. The van der Waals surface area contributed by atoms with Crippen molar-refractivity contribution in [2.45, 2.75) is 39.0 Å². The Balaban J connectivity index is 1.94. The molecule has 0 radical (unpaired) electrons. The Hall–Kier alpha value is -2.21. The van der Waals surface area contributed by atoms with Crippen molar-refractivity contribution in [2.24, 2.45) is 0 Å². The molecular weight excluding hydrogens is 384 g/mol. The van der Waals surface area contributed by atoms with E-state index in [1.807, 2.05) is 0 Å². The second kappa shape index (κ2) is 7.78. The summed E-state index contributed by atoms with van der Waals surface area (Å²) in [7, 11) is 0. The van der Waals surface area contributed by atoms with Crippen LogP contribution in [0.3, 0.4) is 0 Å². The standard InChI is InChI=1S/C19H21BrN2O3/c1-19(2,3)14-7-4-13(5-8-14)6-11-18(23)21-17-10-9-15(22(24)25)12-16(17)20/h4-5,7-10,12H,6,11H2,1-3H3,(H,21,23). The van der Waals surface area contributed by atoms with Crippen LogP contribution in [-0.4, -0.2) is 10.8 Å². The summed E-state index contributed by atoms with van der Waals surface area (Å²) in [6.45, 7) is 6.49. The quantitative estimate of drug-likeness (QED) is 0.547. The number of carbonyl (C=O) groups is 1. The van der Waals surface area contributed by atoms with E-state index in [0.717, 1.165) is 5.56 Å². The van der Waals surface area contributed by atoms with E-state index in [4.69, 9.17) is 0 Å². The first-order valence-corrected chi connectivity index (χ1v) is 8.79. The lowest BCUT2D eigenvalue weighted by atomic mass is 9.86. The third kappa shape index (κ3) is 5.39. The second-order valence-corrected chi connectivity index (χ2v) is 7.77. The largest absolute Gasteiger partial charge is 0.325 e. The highest BCUT2D eigenvalue weighted by molar-refractivity contribution is 9.10. The Labute approximate surface area is 155 Å². The zero-order chi connectivity index (χ0) is 18.6. The minimum atomic E-state index is -0.475. The Kier molecular flexibility index (Phi) is 5.95. The first-order valence-electron chi connectivity index (χ1n) is 8.00. The maximum Gasteiger partial charge on any atom is 0.270 e. The molecule has 0 saturated heterocycles. The number of benzene rings is 2. The smallest absolute Gasteiger partial charge is 0.270 e. The van der Waals surface area contributed by atoms with E-state index in [0.29, 0.717) is 23.0 Å². The van der Waals surface area contributed by atoms with E-state index in [1.54, 1.807) is 0 Å². The van der Waals surface area contributed by atoms with E-state index < -0.39 is 4.92 Å². The average molecular weight is 405 g/mol. The number of non-ortho nitro benzene ring substituents is 1. The van der Waals surface area contributed by atoms with Gasteiger partial charge in [-0.05, 0) is 45.0 Å². The molecule has 0 aliphatic heterocycles. The van der Waals surface area contributed by atoms with Gasteiger partial charge in [0.15, 0.2) is 0 Å². The summed E-state index contributed by atoms with van der Waals surface area (Å²) in [4.78, 5) is 22.4. The summed E-state index contributed by atoms with van der Waals surface area (Å²) >= 11 is 3.25. The van der Waals surface area contributed by atoms with Gasteiger partial charge < -0.3 is 5.32 Å². The third-order valence-corrected chi connectivity index (χ3v) is 4.55. The lowest BCUT2D eigenvalue weighted by molar-refractivity contribution is -0.384. The van der Waals surface area contributed by atoms with Gasteiger partial charge in [-0.15, -0.1) is 0 Å². The van der Waals surface area contributed by atoms with E-state index >= 15 is 0 Å². The Morgan fingerprint density at radius 3 is 2.32 bits per heavy atom. The minimum absolute atomic E-state index is 0.0242. The molecule has 0 fully saturated rings. The van der Waals surface area contributed by atoms with Crippen molar-refractivity contribution in [1.82, 2.24) is 0 Å². The van der Waals surface area contributed by atoms with E-state index in [9.17, 15) is 14.9 Å². The van der Waals surface area contributed by atoms with Crippen LogP contribution in [0.1, 0.15) is 38.3 Å². The monoisotopic (exact) mass is 404 g/mol. The number of aryl methyl sites for hydroxylation is 1. The summed E-state index contributed by atoms with van der Waals surface area (Å²) in [6, 6.07) is 12.6. The van der Waals surface area contributed by atoms with Gasteiger partial charge >= 0.3 is 0 Å². The predicted molar refractivity (Wildman–Crippen MR) is 103 cm³/mol. The molecule has 1 N–H and O–H groups in total. The van der Waals surface area contributed by atoms with Crippen LogP contribution in [-0.2, 0) is 16.6 Å². The molecule has 2 rings (SSSR count). The molecule has 0 saturated carbocycles. The fraction of sp³-hybridized carbons (Fsp3) is 0.316. The Morgan fingerprint density at radius 1 is 1.16 bits per heavy atom. The number of rotatable bonds is 5. The van der Waals surface area contributed by atoms with Crippen LogP contribution < -0.4 is 5.32 Å². The predicted octanol–water partition coefficient (Wildman–Crippen LogP) is 5.23. The molecule has 25 heavy (non-hydrogen) atoms. The SMILES string of the molecule is CC(C)(C)c1ccc(CCC(=O)Nc2ccc([N+](=O)[O-])cc2Br)cc1. The van der Waals surface area contributed by atoms with Crippen LogP contribution in [0.25, 0.3) is 0 Å². The molecule has 0 aromatic heterocycles. The molecule has 0 aliphatic rings. The van der Waals surface area contributed by atoms with Crippen LogP contribution in [0.2, 0.25) is 0 Å². The summed E-state index contributed by atoms with van der Waals surface area (Å²) in [6.07, 6.45) is 0.985. The van der Waals surface area contributed by atoms with Crippen molar-refractivity contribution in [3.05, 3.63) is 68.2 Å². The number of anilines is 1. The summed E-state index contributed by atoms with van der Waals surface area (Å²) in [5, 5.41) is 13.5. The van der Waals surface area contributed by atoms with Gasteiger partial charge in [0.05, 0.1) is 10.6 Å². The molecule has 5 nitrogen and oxygen atoms in total. The van der Waals surface area contributed by atoms with Crippen LogP contribution >= 0.6 is 15.9 Å². The van der Waals surface area contributed by atoms with Gasteiger partial charge in [-0.25, -0.2) is 0 Å². The maximum absolute atomic E-state index is 12.1. The van der Waals surface area contributed by atoms with Gasteiger partial charge in [-0.3, -0.25) is 14.9 Å². The number of amides is 1. The highest BCUT2D eigenvalue weighted by Gasteiger charge is 2.14. The zero-order valence-electron chi connectivity index (χ0n) is 14.5. The number of nitrogens with one attached hydrogen (secondary N) is 1. The molecule has 0 unspecified atom stereocenters. The normalized spacial score (nSPS) is 11.2. The van der Waals surface area contributed by atoms with Crippen molar-refractivity contribution in [2.75, 3.05) is 5.32 Å². The van der Waals surface area contributed by atoms with Gasteiger partial charge in [-0.1, -0.05) is 45.0 Å². The minimum Gasteiger partial charge on any atom is -0.325 e. The fourth-order valence-electron chi connectivity index (χ4n) is 2.36. The van der Waals surface area contributed by atoms with Crippen molar-refractivity contribution < 1.29 is 9.72 Å². The van der Waals surface area contributed by atoms with Crippen LogP contribution in [0.5, 0.6) is 0 Å². The van der Waals surface area contributed by atoms with E-state index in [-0.39, 0.29) is 17.0 Å². The Bertz CT molecular complexity index is 780. The van der Waals surface area contributed by atoms with Crippen LogP contribution in [0.15, 0.2) is 46.9 Å². The van der Waals surface area contributed by atoms with Gasteiger partial charge in [0.2, 0.25) is 5.91 Å². The van der Waals surface area contributed by atoms with Gasteiger partial charge in [0.1, 0.15) is 0 Å². The molecule has 0 aliphatic carbocycles. The molecular formula is C19H21BrN2O3. The lowest BCUT2D eigenvalue weighted by Gasteiger charge is -2.19. The number of hydrogen-bond donors (Lipinski definition) is 1. The third-order valence-electron chi connectivity index (χ3n) is 3.90. The number of nitrogens with zero attached hydrogens (tertiary/aromatic N) is 1. The molecule has 0 bridgehead atoms. The first-order chi connectivity index (χ1) is 11.7. The van der Waals surface area contributed by atoms with Crippen LogP contribution in [0, 0.1) is 10.1 Å². The van der Waals surface area contributed by atoms with Crippen molar-refractivity contribution >= 4 is 33.2 Å². The van der Waals surface area contributed by atoms with Gasteiger partial charge in [-0.2, -0.15) is 0 Å². The molecule has 132 valence electrons. The van der Waals surface area contributed by atoms with Crippen molar-refractivity contribution in [3.8, 4) is 0 Å². The molecule has 0 atom stereocenters. The number of halogens is 1. The van der Waals surface area contributed by atoms with Crippen molar-refractivity contribution in [1.29, 1.82) is 0 Å². The van der Waals surface area contributed by atoms with E-state index in [2.05, 4.69) is 66.3 Å². The fourth-order valence-corrected chi connectivity index (χ4v) is 2.83. The number of nitro groups is 1. The Morgan fingerprint density at radius 2 is 1.80 bits per heavy atom. The number of hydrogen-bond acceptors (Lipinski definition) is 3. The molecule has 2 aromatic rings. The maximum atomic E-state index is 12.1. The van der Waals surface area contributed by atoms with Crippen molar-refractivity contribution in [3.63, 3.8) is 0 Å². The second-order valence-electron chi connectivity index (χ2n) is 6.92. The zero-order valence-corrected chi connectivity index (χ0v) is 16.1. The molecule has 2 aromatic carbocycles. The molecule has 0 heterocycles. The molecule has 6 heteroatoms. The lowest BCUT2D eigenvalue weighted by Crippen LogP contribution is -2.13. The van der Waals surface area contributed by atoms with Gasteiger partial charge in [0.25, 0.3) is 5.69 Å². The van der Waals surface area contributed by atoms with Gasteiger partial charge in [0, 0.05) is 23.0 Å². The highest BCUT2D eigenvalue weighted by atomic mass is 79.9. The summed E-state index contributed by atoms with van der Waals surface area (Å²) < 4.78 is 0.490. The summed E-state index contributed by atoms with van der Waals surface area (Å²) in [5.41, 5.74) is 2.97. The summed E-state index contributed by atoms with van der Waals surface area (Å²) in [5.74, 6) is -0.130. The highest BCUT2D eigenvalue weighted by Crippen LogP contribution is 2.27. The van der Waals surface area contributed by atoms with E-state index in [1.165, 1.54) is 23.8 Å². The average Bonchev–Trinajstić information content (AvgIpc) is 2.54. The van der Waals surface area contributed by atoms with Crippen LogP contribution in [0.4, 0.5) is 11.4 Å². The molecule has 1 amide bonds. The topological polar surface area (TPSA) is 72.2 Å². The number of nitro benzene ring substituents is 1. The number of carbonyl (C=O) groups excluding carboxylic acids is 1.